The van der Waals surface area contributed by atoms with Crippen LogP contribution in [0.1, 0.15) is 35.8 Å². The Morgan fingerprint density at radius 3 is 2.52 bits per heavy atom. The minimum atomic E-state index is -0.416. The van der Waals surface area contributed by atoms with Crippen LogP contribution in [0.3, 0.4) is 0 Å². The molecule has 5 rings (SSSR count). The van der Waals surface area contributed by atoms with Crippen LogP contribution in [0.25, 0.3) is 11.0 Å². The summed E-state index contributed by atoms with van der Waals surface area (Å²) in [5.74, 6) is 1.50. The van der Waals surface area contributed by atoms with E-state index in [-0.39, 0.29) is 12.1 Å². The van der Waals surface area contributed by atoms with Gasteiger partial charge in [-0.15, -0.1) is 0 Å². The van der Waals surface area contributed by atoms with E-state index < -0.39 is 5.54 Å². The summed E-state index contributed by atoms with van der Waals surface area (Å²) in [6, 6.07) is 22.8. The van der Waals surface area contributed by atoms with E-state index in [9.17, 15) is 4.79 Å². The highest BCUT2D eigenvalue weighted by Crippen LogP contribution is 2.47. The van der Waals surface area contributed by atoms with Gasteiger partial charge in [-0.2, -0.15) is 0 Å². The van der Waals surface area contributed by atoms with Crippen molar-refractivity contribution >= 4 is 28.7 Å². The standard InChI is InChI=1S/C26H25ClN4O2/c1-33-18-12-10-17(11-13-18)16-23(24-28-21-8-4-5-9-22(21)29-24)30-25(32)31-26(14-15-26)19-6-2-3-7-20(19)27/h2-13,23H,14-16H2,1H3,(H,28,29)(H2,30,31,32)/t23-/m1/s1. The SMILES string of the molecule is COc1ccc(C[C@@H](NC(=O)NC2(c3ccccc3Cl)CC2)c2nc3ccccc3[nH]2)cc1. The lowest BCUT2D eigenvalue weighted by atomic mass is 10.0. The number of amides is 2. The number of hydrogen-bond acceptors (Lipinski definition) is 3. The number of para-hydroxylation sites is 2. The van der Waals surface area contributed by atoms with Gasteiger partial charge in [0.15, 0.2) is 0 Å². The normalized spacial score (nSPS) is 15.1. The third kappa shape index (κ3) is 4.52. The van der Waals surface area contributed by atoms with E-state index in [0.717, 1.165) is 40.8 Å². The van der Waals surface area contributed by atoms with Gasteiger partial charge in [-0.25, -0.2) is 9.78 Å². The highest BCUT2D eigenvalue weighted by Gasteiger charge is 2.47. The van der Waals surface area contributed by atoms with Gasteiger partial charge >= 0.3 is 6.03 Å². The molecule has 1 aromatic heterocycles. The summed E-state index contributed by atoms with van der Waals surface area (Å²) in [6.07, 6.45) is 2.30. The molecule has 1 heterocycles. The van der Waals surface area contributed by atoms with Crippen LogP contribution >= 0.6 is 11.6 Å². The summed E-state index contributed by atoms with van der Waals surface area (Å²) >= 11 is 6.41. The topological polar surface area (TPSA) is 79.0 Å². The first kappa shape index (κ1) is 21.3. The van der Waals surface area contributed by atoms with E-state index >= 15 is 0 Å². The number of ether oxygens (including phenoxy) is 1. The monoisotopic (exact) mass is 460 g/mol. The van der Waals surface area contributed by atoms with Crippen molar-refractivity contribution in [3.8, 4) is 5.75 Å². The lowest BCUT2D eigenvalue weighted by molar-refractivity contribution is 0.231. The van der Waals surface area contributed by atoms with Crippen molar-refractivity contribution in [3.63, 3.8) is 0 Å². The molecular formula is C26H25ClN4O2. The fourth-order valence-corrected chi connectivity index (χ4v) is 4.52. The maximum atomic E-state index is 13.1. The lowest BCUT2D eigenvalue weighted by Crippen LogP contribution is -2.44. The molecule has 0 aliphatic heterocycles. The first-order valence-corrected chi connectivity index (χ1v) is 11.4. The molecular weight excluding hydrogens is 436 g/mol. The van der Waals surface area contributed by atoms with Gasteiger partial charge in [-0.1, -0.05) is 54.1 Å². The second-order valence-electron chi connectivity index (χ2n) is 8.40. The van der Waals surface area contributed by atoms with Gasteiger partial charge in [0.1, 0.15) is 11.6 Å². The smallest absolute Gasteiger partial charge is 0.316 e. The fourth-order valence-electron chi connectivity index (χ4n) is 4.20. The third-order valence-corrected chi connectivity index (χ3v) is 6.46. The van der Waals surface area contributed by atoms with Crippen LogP contribution in [0.15, 0.2) is 72.8 Å². The van der Waals surface area contributed by atoms with Crippen LogP contribution in [-0.4, -0.2) is 23.1 Å². The van der Waals surface area contributed by atoms with Crippen molar-refractivity contribution in [1.29, 1.82) is 0 Å². The molecule has 0 spiro atoms. The van der Waals surface area contributed by atoms with Crippen molar-refractivity contribution < 1.29 is 9.53 Å². The van der Waals surface area contributed by atoms with Crippen LogP contribution in [0, 0.1) is 0 Å². The maximum absolute atomic E-state index is 13.1. The number of methoxy groups -OCH3 is 1. The van der Waals surface area contributed by atoms with Gasteiger partial charge in [0.05, 0.1) is 29.7 Å². The molecule has 3 N–H and O–H groups in total. The highest BCUT2D eigenvalue weighted by atomic mass is 35.5. The molecule has 1 atom stereocenters. The van der Waals surface area contributed by atoms with Crippen molar-refractivity contribution in [2.75, 3.05) is 7.11 Å². The van der Waals surface area contributed by atoms with E-state index in [1.54, 1.807) is 7.11 Å². The predicted octanol–water partition coefficient (Wildman–Crippen LogP) is 5.50. The lowest BCUT2D eigenvalue weighted by Gasteiger charge is -2.23. The third-order valence-electron chi connectivity index (χ3n) is 6.13. The number of nitrogens with zero attached hydrogens (tertiary/aromatic N) is 1. The minimum Gasteiger partial charge on any atom is -0.497 e. The Balaban J connectivity index is 1.39. The largest absolute Gasteiger partial charge is 0.497 e. The number of benzene rings is 3. The first-order valence-electron chi connectivity index (χ1n) is 11.0. The molecule has 4 aromatic rings. The van der Waals surface area contributed by atoms with Crippen LogP contribution in [-0.2, 0) is 12.0 Å². The zero-order valence-electron chi connectivity index (χ0n) is 18.3. The van der Waals surface area contributed by atoms with Gasteiger partial charge in [0.2, 0.25) is 0 Å². The number of aromatic nitrogens is 2. The molecule has 0 bridgehead atoms. The van der Waals surface area contributed by atoms with E-state index in [4.69, 9.17) is 21.3 Å². The molecule has 6 nitrogen and oxygen atoms in total. The van der Waals surface area contributed by atoms with Gasteiger partial charge < -0.3 is 20.4 Å². The first-order chi connectivity index (χ1) is 16.1. The second kappa shape index (κ2) is 8.79. The number of aromatic amines is 1. The molecule has 0 unspecified atom stereocenters. The van der Waals surface area contributed by atoms with Gasteiger partial charge in [-0.3, -0.25) is 0 Å². The Hall–Kier alpha value is -3.51. The molecule has 1 aliphatic rings. The maximum Gasteiger partial charge on any atom is 0.316 e. The van der Waals surface area contributed by atoms with Crippen molar-refractivity contribution in [3.05, 3.63) is 94.8 Å². The molecule has 1 fully saturated rings. The number of halogens is 1. The number of hydrogen-bond donors (Lipinski definition) is 3. The molecule has 0 saturated heterocycles. The fraction of sp³-hybridized carbons (Fsp3) is 0.231. The number of carbonyl (C=O) groups excluding carboxylic acids is 1. The van der Waals surface area contributed by atoms with Gasteiger partial charge in [0, 0.05) is 5.02 Å². The average Bonchev–Trinajstić information content (AvgIpc) is 3.46. The number of nitrogens with one attached hydrogen (secondary N) is 3. The molecule has 0 radical (unpaired) electrons. The van der Waals surface area contributed by atoms with Crippen LogP contribution in [0.2, 0.25) is 5.02 Å². The predicted molar refractivity (Wildman–Crippen MR) is 130 cm³/mol. The van der Waals surface area contributed by atoms with E-state index in [1.807, 2.05) is 72.8 Å². The summed E-state index contributed by atoms with van der Waals surface area (Å²) in [7, 11) is 1.64. The average molecular weight is 461 g/mol. The van der Waals surface area contributed by atoms with E-state index in [0.29, 0.717) is 17.3 Å². The van der Waals surface area contributed by atoms with Crippen LogP contribution in [0.4, 0.5) is 4.79 Å². The summed E-state index contributed by atoms with van der Waals surface area (Å²) in [6.45, 7) is 0. The number of imidazole rings is 1. The minimum absolute atomic E-state index is 0.244. The zero-order chi connectivity index (χ0) is 22.8. The zero-order valence-corrected chi connectivity index (χ0v) is 19.0. The summed E-state index contributed by atoms with van der Waals surface area (Å²) in [5.41, 5.74) is 3.40. The number of carbonyl (C=O) groups is 1. The number of H-pyrrole nitrogens is 1. The summed E-state index contributed by atoms with van der Waals surface area (Å²) in [4.78, 5) is 21.2. The van der Waals surface area contributed by atoms with Crippen LogP contribution in [0.5, 0.6) is 5.75 Å². The van der Waals surface area contributed by atoms with Crippen molar-refractivity contribution in [2.24, 2.45) is 0 Å². The van der Waals surface area contributed by atoms with Gasteiger partial charge in [0.25, 0.3) is 0 Å². The Morgan fingerprint density at radius 1 is 1.09 bits per heavy atom. The van der Waals surface area contributed by atoms with Crippen LogP contribution < -0.4 is 15.4 Å². The highest BCUT2D eigenvalue weighted by molar-refractivity contribution is 6.31. The van der Waals surface area contributed by atoms with Gasteiger partial charge in [-0.05, 0) is 60.7 Å². The Labute approximate surface area is 197 Å². The Bertz CT molecular complexity index is 1250. The van der Waals surface area contributed by atoms with Crippen molar-refractivity contribution in [2.45, 2.75) is 30.8 Å². The number of fused-ring (bicyclic) bond motifs is 1. The Morgan fingerprint density at radius 2 is 1.82 bits per heavy atom. The molecule has 1 aliphatic carbocycles. The molecule has 33 heavy (non-hydrogen) atoms. The van der Waals surface area contributed by atoms with E-state index in [1.165, 1.54) is 0 Å². The summed E-state index contributed by atoms with van der Waals surface area (Å²) < 4.78 is 5.27. The van der Waals surface area contributed by atoms with Crippen molar-refractivity contribution in [1.82, 2.24) is 20.6 Å². The quantitative estimate of drug-likeness (QED) is 0.341. The number of urea groups is 1. The molecule has 3 aromatic carbocycles. The number of rotatable bonds is 7. The summed E-state index contributed by atoms with van der Waals surface area (Å²) in [5, 5.41) is 6.97. The molecule has 7 heteroatoms. The molecule has 168 valence electrons. The molecule has 1 saturated carbocycles. The molecule has 2 amide bonds. The Kier molecular flexibility index (Phi) is 5.68. The second-order valence-corrected chi connectivity index (χ2v) is 8.81. The van der Waals surface area contributed by atoms with E-state index in [2.05, 4.69) is 15.6 Å².